The monoisotopic (exact) mass is 279 g/mol. The molecule has 1 saturated heterocycles. The summed E-state index contributed by atoms with van der Waals surface area (Å²) in [4.78, 5) is 7.47. The fourth-order valence-electron chi connectivity index (χ4n) is 2.73. The van der Waals surface area contributed by atoms with Gasteiger partial charge in [0.2, 0.25) is 0 Å². The van der Waals surface area contributed by atoms with Crippen molar-refractivity contribution in [3.05, 3.63) is 53.9 Å². The first-order valence-corrected chi connectivity index (χ1v) is 7.22. The highest BCUT2D eigenvalue weighted by Gasteiger charge is 2.18. The molecule has 21 heavy (non-hydrogen) atoms. The number of fused-ring (bicyclic) bond motifs is 1. The van der Waals surface area contributed by atoms with Gasteiger partial charge in [0.25, 0.3) is 0 Å². The van der Waals surface area contributed by atoms with E-state index in [9.17, 15) is 0 Å². The van der Waals surface area contributed by atoms with Gasteiger partial charge in [-0.05, 0) is 36.2 Å². The van der Waals surface area contributed by atoms with Crippen LogP contribution in [0.1, 0.15) is 17.0 Å². The highest BCUT2D eigenvalue weighted by molar-refractivity contribution is 5.86. The Hall–Kier alpha value is -2.33. The van der Waals surface area contributed by atoms with Crippen LogP contribution in [0.2, 0.25) is 0 Å². The van der Waals surface area contributed by atoms with E-state index in [1.807, 2.05) is 24.4 Å². The van der Waals surface area contributed by atoms with Gasteiger partial charge in [-0.2, -0.15) is 0 Å². The smallest absolute Gasteiger partial charge is 0.141 e. The summed E-state index contributed by atoms with van der Waals surface area (Å²) >= 11 is 0. The fourth-order valence-corrected chi connectivity index (χ4v) is 2.73. The van der Waals surface area contributed by atoms with Crippen molar-refractivity contribution in [1.82, 2.24) is 15.3 Å². The Morgan fingerprint density at radius 2 is 1.95 bits per heavy atom. The first kappa shape index (κ1) is 12.4. The van der Waals surface area contributed by atoms with Crippen molar-refractivity contribution >= 4 is 11.0 Å². The molecule has 1 aliphatic heterocycles. The zero-order valence-electron chi connectivity index (χ0n) is 11.9. The second-order valence-corrected chi connectivity index (χ2v) is 5.53. The van der Waals surface area contributed by atoms with Crippen LogP contribution in [0, 0.1) is 6.92 Å². The van der Waals surface area contributed by atoms with Crippen molar-refractivity contribution in [3.8, 4) is 11.5 Å². The summed E-state index contributed by atoms with van der Waals surface area (Å²) < 4.78 is 6.04. The number of hydrogen-bond acceptors (Lipinski definition) is 3. The van der Waals surface area contributed by atoms with E-state index in [1.165, 1.54) is 5.56 Å². The van der Waals surface area contributed by atoms with Crippen molar-refractivity contribution in [2.24, 2.45) is 0 Å². The summed E-state index contributed by atoms with van der Waals surface area (Å²) in [6.45, 7) is 4.21. The van der Waals surface area contributed by atoms with Crippen LogP contribution in [0.3, 0.4) is 0 Å². The Balaban J connectivity index is 1.63. The van der Waals surface area contributed by atoms with Gasteiger partial charge in [0.05, 0.1) is 5.39 Å². The number of aryl methyl sites for hydroxylation is 1. The topological polar surface area (TPSA) is 49.9 Å². The largest absolute Gasteiger partial charge is 0.457 e. The quantitative estimate of drug-likeness (QED) is 0.773. The van der Waals surface area contributed by atoms with Crippen LogP contribution in [0.5, 0.6) is 11.5 Å². The Kier molecular flexibility index (Phi) is 2.89. The van der Waals surface area contributed by atoms with Gasteiger partial charge in [0.1, 0.15) is 17.1 Å². The molecule has 3 aromatic rings. The van der Waals surface area contributed by atoms with Gasteiger partial charge in [-0.1, -0.05) is 12.1 Å². The lowest BCUT2D eigenvalue weighted by Gasteiger charge is -2.27. The predicted octanol–water partition coefficient (Wildman–Crippen LogP) is 3.35. The third kappa shape index (κ3) is 2.17. The van der Waals surface area contributed by atoms with Gasteiger partial charge in [0, 0.05) is 31.4 Å². The van der Waals surface area contributed by atoms with Crippen LogP contribution in [0.15, 0.2) is 42.7 Å². The molecule has 0 bridgehead atoms. The molecule has 1 fully saturated rings. The number of rotatable bonds is 3. The highest BCUT2D eigenvalue weighted by Crippen LogP contribution is 2.31. The minimum atomic E-state index is 0.651. The summed E-state index contributed by atoms with van der Waals surface area (Å²) in [5.74, 6) is 2.36. The molecule has 4 nitrogen and oxygen atoms in total. The van der Waals surface area contributed by atoms with Gasteiger partial charge in [-0.15, -0.1) is 0 Å². The van der Waals surface area contributed by atoms with Gasteiger partial charge in [-0.25, -0.2) is 4.98 Å². The maximum atomic E-state index is 6.04. The van der Waals surface area contributed by atoms with Crippen LogP contribution in [0.4, 0.5) is 0 Å². The summed E-state index contributed by atoms with van der Waals surface area (Å²) in [5.41, 5.74) is 3.38. The van der Waals surface area contributed by atoms with Crippen LogP contribution in [0.25, 0.3) is 11.0 Å². The van der Waals surface area contributed by atoms with Crippen LogP contribution >= 0.6 is 0 Å². The number of aromatic amines is 1. The molecule has 1 aliphatic rings. The normalized spacial score (nSPS) is 15.1. The first-order chi connectivity index (χ1) is 10.3. The molecule has 0 aliphatic carbocycles. The average molecular weight is 279 g/mol. The molecule has 0 radical (unpaired) electrons. The number of pyridine rings is 1. The lowest BCUT2D eigenvalue weighted by molar-refractivity contribution is 0.446. The maximum absolute atomic E-state index is 6.04. The molecule has 3 heterocycles. The van der Waals surface area contributed by atoms with Gasteiger partial charge < -0.3 is 15.0 Å². The number of benzene rings is 1. The van der Waals surface area contributed by atoms with Gasteiger partial charge in [0.15, 0.2) is 0 Å². The van der Waals surface area contributed by atoms with E-state index < -0.39 is 0 Å². The van der Waals surface area contributed by atoms with E-state index in [4.69, 9.17) is 4.74 Å². The third-order valence-electron chi connectivity index (χ3n) is 4.09. The number of aromatic nitrogens is 2. The van der Waals surface area contributed by atoms with E-state index in [0.29, 0.717) is 5.92 Å². The van der Waals surface area contributed by atoms with E-state index in [0.717, 1.165) is 41.2 Å². The van der Waals surface area contributed by atoms with Crippen molar-refractivity contribution in [1.29, 1.82) is 0 Å². The zero-order chi connectivity index (χ0) is 14.2. The summed E-state index contributed by atoms with van der Waals surface area (Å²) in [7, 11) is 0. The third-order valence-corrected chi connectivity index (χ3v) is 4.09. The first-order valence-electron chi connectivity index (χ1n) is 7.22. The van der Waals surface area contributed by atoms with Crippen LogP contribution < -0.4 is 10.1 Å². The Labute approximate surface area is 123 Å². The molecule has 0 unspecified atom stereocenters. The average Bonchev–Trinajstić information content (AvgIpc) is 2.82. The number of nitrogens with zero attached hydrogens (tertiary/aromatic N) is 1. The van der Waals surface area contributed by atoms with Crippen LogP contribution in [-0.4, -0.2) is 23.1 Å². The zero-order valence-corrected chi connectivity index (χ0v) is 11.9. The number of H-pyrrole nitrogens is 1. The van der Waals surface area contributed by atoms with E-state index in [2.05, 4.69) is 34.3 Å². The maximum Gasteiger partial charge on any atom is 0.141 e. The molecule has 4 rings (SSSR count). The lowest BCUT2D eigenvalue weighted by atomic mass is 9.94. The SMILES string of the molecule is Cc1c[nH]c2nccc(Oc3ccc(C4CNC4)cc3)c12. The molecule has 1 aromatic carbocycles. The summed E-state index contributed by atoms with van der Waals surface area (Å²) in [6, 6.07) is 10.3. The number of hydrogen-bond donors (Lipinski definition) is 2. The van der Waals surface area contributed by atoms with E-state index in [-0.39, 0.29) is 0 Å². The molecular weight excluding hydrogens is 262 g/mol. The molecule has 0 spiro atoms. The van der Waals surface area contributed by atoms with Crippen molar-refractivity contribution in [2.75, 3.05) is 13.1 Å². The van der Waals surface area contributed by atoms with E-state index >= 15 is 0 Å². The Morgan fingerprint density at radius 1 is 1.14 bits per heavy atom. The summed E-state index contributed by atoms with van der Waals surface area (Å²) in [5, 5.41) is 4.34. The van der Waals surface area contributed by atoms with Gasteiger partial charge in [-0.3, -0.25) is 0 Å². The highest BCUT2D eigenvalue weighted by atomic mass is 16.5. The second-order valence-electron chi connectivity index (χ2n) is 5.53. The Morgan fingerprint density at radius 3 is 2.67 bits per heavy atom. The van der Waals surface area contributed by atoms with Crippen molar-refractivity contribution in [2.45, 2.75) is 12.8 Å². The molecule has 0 saturated carbocycles. The second kappa shape index (κ2) is 4.90. The van der Waals surface area contributed by atoms with Gasteiger partial charge >= 0.3 is 0 Å². The lowest BCUT2D eigenvalue weighted by Crippen LogP contribution is -2.39. The van der Waals surface area contributed by atoms with Crippen molar-refractivity contribution in [3.63, 3.8) is 0 Å². The predicted molar refractivity (Wildman–Crippen MR) is 83.0 cm³/mol. The Bertz CT molecular complexity index is 772. The number of ether oxygens (including phenoxy) is 1. The minimum Gasteiger partial charge on any atom is -0.457 e. The molecule has 2 aromatic heterocycles. The summed E-state index contributed by atoms with van der Waals surface area (Å²) in [6.07, 6.45) is 3.72. The molecule has 106 valence electrons. The molecule has 0 atom stereocenters. The molecular formula is C17H17N3O. The van der Waals surface area contributed by atoms with E-state index in [1.54, 1.807) is 6.20 Å². The molecule has 2 N–H and O–H groups in total. The van der Waals surface area contributed by atoms with Crippen LogP contribution in [-0.2, 0) is 0 Å². The van der Waals surface area contributed by atoms with Crippen molar-refractivity contribution < 1.29 is 4.74 Å². The fraction of sp³-hybridized carbons (Fsp3) is 0.235. The number of nitrogens with one attached hydrogen (secondary N) is 2. The minimum absolute atomic E-state index is 0.651. The molecule has 0 amide bonds. The molecule has 4 heteroatoms. The standard InChI is InChI=1S/C17H17N3O/c1-11-8-20-17-16(11)15(6-7-19-17)21-14-4-2-12(3-5-14)13-9-18-10-13/h2-8,13,18H,9-10H2,1H3,(H,19,20).